The van der Waals surface area contributed by atoms with E-state index in [1.807, 2.05) is 0 Å². The van der Waals surface area contributed by atoms with Crippen LogP contribution in [0.15, 0.2) is 24.3 Å². The highest BCUT2D eigenvalue weighted by molar-refractivity contribution is 5.82. The van der Waals surface area contributed by atoms with Gasteiger partial charge in [-0.05, 0) is 77.6 Å². The molecule has 8 bridgehead atoms. The van der Waals surface area contributed by atoms with Gasteiger partial charge in [0.2, 0.25) is 27.2 Å². The van der Waals surface area contributed by atoms with E-state index in [0.29, 0.717) is 95.9 Å². The van der Waals surface area contributed by atoms with Crippen LogP contribution in [-0.4, -0.2) is 152 Å². The monoisotopic (exact) mass is 1790 g/mol. The van der Waals surface area contributed by atoms with Gasteiger partial charge in [0.15, 0.2) is 0 Å². The van der Waals surface area contributed by atoms with Crippen molar-refractivity contribution in [1.29, 1.82) is 0 Å². The maximum Gasteiger partial charge on any atom is 0.319 e. The van der Waals surface area contributed by atoms with Crippen LogP contribution in [0.2, 0.25) is 0 Å². The molecule has 0 saturated heterocycles. The van der Waals surface area contributed by atoms with E-state index in [-0.39, 0.29) is 68.2 Å². The topological polar surface area (TPSA) is 389 Å². The van der Waals surface area contributed by atoms with E-state index in [9.17, 15) is 38.4 Å². The molecule has 0 unspecified atom stereocenters. The molecule has 32 heteroatoms. The van der Waals surface area contributed by atoms with Crippen LogP contribution in [-0.2, 0) is 141 Å². The molecular weight excluding hydrogens is 1670 g/mol. The number of benzene rings is 4. The third-order valence-electron chi connectivity index (χ3n) is 23.7. The summed E-state index contributed by atoms with van der Waals surface area (Å²) in [6.07, 6.45) is 13.2. The number of carbonyl (C=O) groups is 12. The van der Waals surface area contributed by atoms with Crippen LogP contribution in [0.25, 0.3) is 0 Å². The predicted molar refractivity (Wildman–Crippen MR) is 457 cm³/mol. The summed E-state index contributed by atoms with van der Waals surface area (Å²) in [5.41, 5.74) is -2.05. The zero-order valence-corrected chi connectivity index (χ0v) is 77.1. The average Bonchev–Trinajstić information content (AvgIpc) is 0.722. The zero-order valence-electron chi connectivity index (χ0n) is 77.1. The molecule has 0 saturated carbocycles. The van der Waals surface area contributed by atoms with Gasteiger partial charge in [0, 0.05) is 124 Å². The molecule has 4 aromatic carbocycles. The number of hydrogen-bond donors (Lipinski definition) is 0. The fraction of sp³-hybridized carbons (Fsp3) is 0.625. The van der Waals surface area contributed by atoms with E-state index in [2.05, 4.69) is 52.0 Å². The Labute approximate surface area is 748 Å². The summed E-state index contributed by atoms with van der Waals surface area (Å²) < 4.78 is 127. The molecule has 0 N–H and O–H groups in total. The van der Waals surface area contributed by atoms with Crippen molar-refractivity contribution in [2.75, 3.05) is 80.0 Å². The van der Waals surface area contributed by atoms with E-state index < -0.39 is 223 Å². The van der Waals surface area contributed by atoms with Gasteiger partial charge in [0.1, 0.15) is 147 Å². The number of rotatable bonds is 48. The fourth-order valence-corrected chi connectivity index (χ4v) is 16.5. The lowest BCUT2D eigenvalue weighted by molar-refractivity contribution is -0.172. The SMILES string of the molecule is CCCCCCC1c2cc3c4c(COC(=O)C(C)(COC(C)=O)COC(C)=O)c2OCOc2c1cc1c(c2COC(=O)C(C)(COC(C)=O)COC(C)=O)OCOc2c(cc5c(c2COC(=O)C(C)(COC(C)=O)COC(C)=O)OCOc2c(cc(c(c2COC(=O)C(C)(COC(C)=O)COC(C)=O)OCO4)C3CCCCCC)C5CCCCCC)C1CCCCCC. The Morgan fingerprint density at radius 1 is 0.242 bits per heavy atom. The minimum Gasteiger partial charge on any atom is -0.465 e. The summed E-state index contributed by atoms with van der Waals surface area (Å²) in [7, 11) is 0. The first-order chi connectivity index (χ1) is 61.1. The second-order valence-electron chi connectivity index (χ2n) is 34.8. The second kappa shape index (κ2) is 46.8. The number of unbranched alkanes of at least 4 members (excludes halogenated alkanes) is 12. The molecule has 5 aliphatic rings. The number of esters is 12. The van der Waals surface area contributed by atoms with Crippen LogP contribution in [0.3, 0.4) is 0 Å². The first kappa shape index (κ1) is 101. The van der Waals surface area contributed by atoms with Crippen molar-refractivity contribution < 1.29 is 152 Å². The third kappa shape index (κ3) is 25.7. The van der Waals surface area contributed by atoms with Crippen LogP contribution in [0.1, 0.15) is 330 Å². The predicted octanol–water partition coefficient (Wildman–Crippen LogP) is 16.0. The largest absolute Gasteiger partial charge is 0.465 e. The number of carbonyl (C=O) groups excluding carboxylic acids is 12. The summed E-state index contributed by atoms with van der Waals surface area (Å²) in [6.45, 7) is 14.1. The molecule has 0 atom stereocenters. The van der Waals surface area contributed by atoms with Crippen LogP contribution in [0, 0.1) is 21.7 Å². The maximum atomic E-state index is 15.3. The van der Waals surface area contributed by atoms with Crippen molar-refractivity contribution in [3.05, 3.63) is 91.0 Å². The molecule has 0 spiro atoms. The lowest BCUT2D eigenvalue weighted by Crippen LogP contribution is -2.40. The van der Waals surface area contributed by atoms with Crippen LogP contribution in [0.5, 0.6) is 46.0 Å². The quantitative estimate of drug-likeness (QED) is 0.0225. The molecule has 4 heterocycles. The normalized spacial score (nSPS) is 15.7. The van der Waals surface area contributed by atoms with Gasteiger partial charge in [-0.3, -0.25) is 57.5 Å². The first-order valence-corrected chi connectivity index (χ1v) is 44.6. The first-order valence-electron chi connectivity index (χ1n) is 44.6. The summed E-state index contributed by atoms with van der Waals surface area (Å²) >= 11 is 0. The Bertz CT molecular complexity index is 3880. The van der Waals surface area contributed by atoms with Crippen molar-refractivity contribution in [2.24, 2.45) is 21.7 Å². The minimum absolute atomic E-state index is 0.165. The average molecular weight is 1790 g/mol. The van der Waals surface area contributed by atoms with Gasteiger partial charge >= 0.3 is 71.6 Å². The van der Waals surface area contributed by atoms with Gasteiger partial charge in [-0.25, -0.2) is 0 Å². The zero-order chi connectivity index (χ0) is 93.2. The van der Waals surface area contributed by atoms with Crippen LogP contribution < -0.4 is 37.9 Å². The smallest absolute Gasteiger partial charge is 0.319 e. The van der Waals surface area contributed by atoms with Crippen molar-refractivity contribution in [3.63, 3.8) is 0 Å². The van der Waals surface area contributed by atoms with E-state index in [1.54, 1.807) is 0 Å². The molecule has 1 aliphatic carbocycles. The standard InChI is InChI=1S/C96H128O32/c1-17-21-25-29-33-65-69-37-71-66(34-30-26-22-18-2)73-39-75-68(36-32-28-24-20-4)76-40-74-67(35-31-27-23-19-3)72-38-70(65)82-78(42-110-90(106)94(14,47-115-59(7)99)48-116-60(8)100)84(72)124-55-126-86(74)80(44-112-92(108)96(16,51-119-63(11)103)52-120-64(12)104)88(76)128-56-127-87(75)79(43-111-91(107)95(15,49-117-61(9)101)50-118-62(10)102)85(73)125-54-123-83(71)77(81(69)121-53-122-82)41-109-89(105)93(13,45-113-57(5)97)46-114-58(6)98/h37-40,65-68H,17-36,41-56H2,1-16H3. The van der Waals surface area contributed by atoms with Crippen molar-refractivity contribution in [1.82, 2.24) is 0 Å². The molecule has 0 aromatic heterocycles. The second-order valence-corrected chi connectivity index (χ2v) is 34.8. The van der Waals surface area contributed by atoms with Crippen LogP contribution in [0.4, 0.5) is 0 Å². The number of hydrogen-bond acceptors (Lipinski definition) is 32. The highest BCUT2D eigenvalue weighted by atomic mass is 16.7. The Morgan fingerprint density at radius 3 is 0.523 bits per heavy atom. The molecule has 0 fully saturated rings. The Kier molecular flexibility index (Phi) is 36.8. The highest BCUT2D eigenvalue weighted by Crippen LogP contribution is 2.60. The summed E-state index contributed by atoms with van der Waals surface area (Å²) in [6, 6.07) is 8.22. The molecular formula is C96H128O32. The fourth-order valence-electron chi connectivity index (χ4n) is 16.5. The number of ether oxygens (including phenoxy) is 20. The lowest BCUT2D eigenvalue weighted by Gasteiger charge is -2.38. The van der Waals surface area contributed by atoms with Crippen molar-refractivity contribution in [3.8, 4) is 46.0 Å². The van der Waals surface area contributed by atoms with Crippen LogP contribution >= 0.6 is 0 Å². The van der Waals surface area contributed by atoms with E-state index >= 15 is 19.2 Å². The van der Waals surface area contributed by atoms with Gasteiger partial charge in [0.05, 0.1) is 22.3 Å². The van der Waals surface area contributed by atoms with Gasteiger partial charge < -0.3 is 94.7 Å². The van der Waals surface area contributed by atoms with Gasteiger partial charge in [0.25, 0.3) is 0 Å². The summed E-state index contributed by atoms with van der Waals surface area (Å²) in [5.74, 6) is -11.6. The minimum atomic E-state index is -1.80. The van der Waals surface area contributed by atoms with Crippen molar-refractivity contribution in [2.45, 2.75) is 289 Å². The molecule has 9 rings (SSSR count). The lowest BCUT2D eigenvalue weighted by atomic mass is 9.74. The molecule has 704 valence electrons. The van der Waals surface area contributed by atoms with Crippen molar-refractivity contribution >= 4 is 71.6 Å². The Hall–Kier alpha value is -11.1. The Balaban J connectivity index is 1.53. The molecule has 0 amide bonds. The maximum absolute atomic E-state index is 15.3. The Morgan fingerprint density at radius 2 is 0.391 bits per heavy atom. The highest BCUT2D eigenvalue weighted by Gasteiger charge is 2.48. The van der Waals surface area contributed by atoms with E-state index in [1.165, 1.54) is 83.1 Å². The third-order valence-corrected chi connectivity index (χ3v) is 23.7. The van der Waals surface area contributed by atoms with E-state index in [0.717, 1.165) is 77.0 Å². The molecule has 4 aromatic rings. The molecule has 4 aliphatic heterocycles. The van der Waals surface area contributed by atoms with Gasteiger partial charge in [-0.2, -0.15) is 0 Å². The van der Waals surface area contributed by atoms with Gasteiger partial charge in [-0.15, -0.1) is 0 Å². The summed E-state index contributed by atoms with van der Waals surface area (Å²) in [5, 5.41) is 0. The van der Waals surface area contributed by atoms with E-state index in [4.69, 9.17) is 94.7 Å². The van der Waals surface area contributed by atoms with Gasteiger partial charge in [-0.1, -0.05) is 130 Å². The summed E-state index contributed by atoms with van der Waals surface area (Å²) in [4.78, 5) is 162. The molecule has 128 heavy (non-hydrogen) atoms. The molecule has 32 nitrogen and oxygen atoms in total. The molecule has 0 radical (unpaired) electrons.